The number of anilines is 3. The monoisotopic (exact) mass is 351 g/mol. The van der Waals surface area contributed by atoms with Crippen LogP contribution in [0, 0.1) is 13.8 Å². The van der Waals surface area contributed by atoms with E-state index >= 15 is 0 Å². The second-order valence-electron chi connectivity index (χ2n) is 6.33. The molecule has 0 aliphatic rings. The van der Waals surface area contributed by atoms with E-state index in [2.05, 4.69) is 39.6 Å². The summed E-state index contributed by atoms with van der Waals surface area (Å²) in [5, 5.41) is 9.82. The number of carbonyl (C=O) groups is 1. The van der Waals surface area contributed by atoms with Crippen LogP contribution in [-0.4, -0.2) is 21.0 Å². The molecule has 0 atom stereocenters. The Labute approximate surface area is 151 Å². The molecule has 7 heteroatoms. The molecule has 0 aliphatic carbocycles. The third-order valence-corrected chi connectivity index (χ3v) is 3.79. The molecule has 0 radical (unpaired) electrons. The molecule has 0 unspecified atom stereocenters. The summed E-state index contributed by atoms with van der Waals surface area (Å²) in [6.07, 6.45) is 0. The van der Waals surface area contributed by atoms with E-state index in [-0.39, 0.29) is 11.6 Å². The van der Waals surface area contributed by atoms with Crippen LogP contribution in [0.25, 0.3) is 0 Å². The fourth-order valence-corrected chi connectivity index (χ4v) is 2.61. The van der Waals surface area contributed by atoms with E-state index in [1.165, 1.54) is 0 Å². The number of amides is 1. The second kappa shape index (κ2) is 7.35. The lowest BCUT2D eigenvalue weighted by molar-refractivity contribution is 0.102. The minimum absolute atomic E-state index is 0.277. The Bertz CT molecular complexity index is 933. The van der Waals surface area contributed by atoms with Crippen LogP contribution in [0.3, 0.4) is 0 Å². The van der Waals surface area contributed by atoms with Gasteiger partial charge in [-0.3, -0.25) is 4.79 Å². The molecule has 0 fully saturated rings. The summed E-state index contributed by atoms with van der Waals surface area (Å²) in [4.78, 5) is 21.2. The average molecular weight is 351 g/mol. The van der Waals surface area contributed by atoms with Gasteiger partial charge in [0.25, 0.3) is 5.91 Å². The molecule has 0 saturated heterocycles. The third kappa shape index (κ3) is 4.05. The van der Waals surface area contributed by atoms with Crippen LogP contribution in [-0.2, 0) is 0 Å². The predicted octanol–water partition coefficient (Wildman–Crippen LogP) is 4.20. The van der Waals surface area contributed by atoms with Gasteiger partial charge in [0, 0.05) is 17.8 Å². The molecule has 134 valence electrons. The number of nitrogens with one attached hydrogen (secondary N) is 2. The van der Waals surface area contributed by atoms with Crippen molar-refractivity contribution in [1.82, 2.24) is 15.1 Å². The number of hydrogen-bond donors (Lipinski definition) is 2. The van der Waals surface area contributed by atoms with Crippen LogP contribution < -0.4 is 10.6 Å². The topological polar surface area (TPSA) is 92.9 Å². The summed E-state index contributed by atoms with van der Waals surface area (Å²) in [5.74, 6) is 2.18. The van der Waals surface area contributed by atoms with Crippen LogP contribution >= 0.6 is 0 Å². The lowest BCUT2D eigenvalue weighted by Gasteiger charge is -2.13. The summed E-state index contributed by atoms with van der Waals surface area (Å²) >= 11 is 0. The van der Waals surface area contributed by atoms with Gasteiger partial charge in [-0.25, -0.2) is 9.97 Å². The van der Waals surface area contributed by atoms with E-state index in [0.717, 1.165) is 11.3 Å². The minimum atomic E-state index is -0.289. The molecule has 0 aliphatic heterocycles. The van der Waals surface area contributed by atoms with E-state index in [1.54, 1.807) is 26.0 Å². The molecule has 7 nitrogen and oxygen atoms in total. The summed E-state index contributed by atoms with van der Waals surface area (Å²) < 4.78 is 5.02. The molecule has 2 N–H and O–H groups in total. The number of para-hydroxylation sites is 1. The zero-order valence-electron chi connectivity index (χ0n) is 15.2. The van der Waals surface area contributed by atoms with Crippen molar-refractivity contribution < 1.29 is 9.32 Å². The lowest BCUT2D eigenvalue weighted by atomic mass is 10.0. The van der Waals surface area contributed by atoms with Crippen LogP contribution in [0.5, 0.6) is 0 Å². The number of aromatic nitrogens is 3. The molecular formula is C19H21N5O2. The highest BCUT2D eigenvalue weighted by atomic mass is 16.5. The zero-order valence-corrected chi connectivity index (χ0v) is 15.2. The van der Waals surface area contributed by atoms with Crippen molar-refractivity contribution in [3.8, 4) is 0 Å². The fourth-order valence-electron chi connectivity index (χ4n) is 2.61. The van der Waals surface area contributed by atoms with Crippen LogP contribution in [0.15, 0.2) is 40.9 Å². The zero-order chi connectivity index (χ0) is 18.7. The van der Waals surface area contributed by atoms with Crippen molar-refractivity contribution in [3.05, 3.63) is 59.2 Å². The molecule has 0 spiro atoms. The maximum atomic E-state index is 12.7. The van der Waals surface area contributed by atoms with Gasteiger partial charge in [0.1, 0.15) is 23.1 Å². The van der Waals surface area contributed by atoms with E-state index in [1.807, 2.05) is 24.3 Å². The smallest absolute Gasteiger partial charge is 0.274 e. The first-order valence-corrected chi connectivity index (χ1v) is 8.38. The summed E-state index contributed by atoms with van der Waals surface area (Å²) in [6.45, 7) is 7.70. The Balaban J connectivity index is 1.83. The van der Waals surface area contributed by atoms with E-state index in [0.29, 0.717) is 29.1 Å². The molecule has 2 heterocycles. The van der Waals surface area contributed by atoms with Crippen molar-refractivity contribution in [1.29, 1.82) is 0 Å². The van der Waals surface area contributed by atoms with Gasteiger partial charge < -0.3 is 15.2 Å². The number of hydrogen-bond acceptors (Lipinski definition) is 6. The van der Waals surface area contributed by atoms with Crippen molar-refractivity contribution in [2.75, 3.05) is 10.6 Å². The Morgan fingerprint density at radius 2 is 1.85 bits per heavy atom. The van der Waals surface area contributed by atoms with Gasteiger partial charge in [-0.05, 0) is 31.4 Å². The van der Waals surface area contributed by atoms with Gasteiger partial charge in [-0.1, -0.05) is 37.2 Å². The summed E-state index contributed by atoms with van der Waals surface area (Å²) in [5.41, 5.74) is 2.13. The maximum absolute atomic E-state index is 12.7. The number of benzene rings is 1. The number of carbonyl (C=O) groups excluding carboxylic acids is 1. The second-order valence-corrected chi connectivity index (χ2v) is 6.33. The number of nitrogens with zero attached hydrogens (tertiary/aromatic N) is 3. The van der Waals surface area contributed by atoms with Crippen molar-refractivity contribution >= 4 is 23.2 Å². The lowest BCUT2D eigenvalue weighted by Crippen LogP contribution is -2.16. The molecule has 2 aromatic heterocycles. The van der Waals surface area contributed by atoms with Gasteiger partial charge in [0.2, 0.25) is 0 Å². The third-order valence-electron chi connectivity index (χ3n) is 3.79. The molecule has 26 heavy (non-hydrogen) atoms. The van der Waals surface area contributed by atoms with E-state index in [4.69, 9.17) is 4.52 Å². The first-order valence-electron chi connectivity index (χ1n) is 8.38. The van der Waals surface area contributed by atoms with Gasteiger partial charge in [0.15, 0.2) is 5.82 Å². The first kappa shape index (κ1) is 17.6. The largest absolute Gasteiger partial charge is 0.360 e. The molecule has 3 rings (SSSR count). The fraction of sp³-hybridized carbons (Fsp3) is 0.263. The minimum Gasteiger partial charge on any atom is -0.360 e. The number of aryl methyl sites for hydroxylation is 2. The van der Waals surface area contributed by atoms with Gasteiger partial charge in [-0.15, -0.1) is 0 Å². The molecule has 0 bridgehead atoms. The van der Waals surface area contributed by atoms with Crippen molar-refractivity contribution in [2.45, 2.75) is 33.6 Å². The molecule has 3 aromatic rings. The van der Waals surface area contributed by atoms with Gasteiger partial charge in [-0.2, -0.15) is 0 Å². The van der Waals surface area contributed by atoms with Crippen LogP contribution in [0.4, 0.5) is 17.3 Å². The highest BCUT2D eigenvalue weighted by Gasteiger charge is 2.14. The van der Waals surface area contributed by atoms with Crippen LogP contribution in [0.1, 0.15) is 47.4 Å². The van der Waals surface area contributed by atoms with E-state index < -0.39 is 0 Å². The predicted molar refractivity (Wildman–Crippen MR) is 99.8 cm³/mol. The van der Waals surface area contributed by atoms with Gasteiger partial charge in [0.05, 0.1) is 0 Å². The highest BCUT2D eigenvalue weighted by Crippen LogP contribution is 2.24. The average Bonchev–Trinajstić information content (AvgIpc) is 2.99. The van der Waals surface area contributed by atoms with Crippen LogP contribution in [0.2, 0.25) is 0 Å². The SMILES string of the molecule is Cc1nc(Nc2cc(C)on2)cc(C(=O)Nc2ccccc2C(C)C)n1. The maximum Gasteiger partial charge on any atom is 0.274 e. The summed E-state index contributed by atoms with van der Waals surface area (Å²) in [6, 6.07) is 11.1. The van der Waals surface area contributed by atoms with E-state index in [9.17, 15) is 4.79 Å². The first-order chi connectivity index (χ1) is 12.4. The highest BCUT2D eigenvalue weighted by molar-refractivity contribution is 6.03. The molecule has 1 aromatic carbocycles. The Morgan fingerprint density at radius 3 is 2.54 bits per heavy atom. The number of rotatable bonds is 5. The van der Waals surface area contributed by atoms with Crippen molar-refractivity contribution in [3.63, 3.8) is 0 Å². The normalized spacial score (nSPS) is 10.8. The molecule has 0 saturated carbocycles. The Kier molecular flexibility index (Phi) is 4.97. The van der Waals surface area contributed by atoms with Crippen molar-refractivity contribution in [2.24, 2.45) is 0 Å². The molecular weight excluding hydrogens is 330 g/mol. The van der Waals surface area contributed by atoms with Gasteiger partial charge >= 0.3 is 0 Å². The quantitative estimate of drug-likeness (QED) is 0.715. The standard InChI is InChI=1S/C19H21N5O2/c1-11(2)14-7-5-6-8-15(14)22-19(25)16-10-17(21-13(4)20-16)23-18-9-12(3)26-24-18/h5-11H,1-4H3,(H,22,25)(H,20,21,23,24). The Morgan fingerprint density at radius 1 is 1.08 bits per heavy atom. The summed E-state index contributed by atoms with van der Waals surface area (Å²) in [7, 11) is 0. The molecule has 1 amide bonds. The Hall–Kier alpha value is -3.22.